The molecule has 0 aromatic carbocycles. The third-order valence-electron chi connectivity index (χ3n) is 1.12. The van der Waals surface area contributed by atoms with Crippen LogP contribution in [0.1, 0.15) is 0 Å². The topological polar surface area (TPSA) is 72.3 Å². The van der Waals surface area contributed by atoms with Gasteiger partial charge in [0, 0.05) is 0 Å². The zero-order valence-corrected chi connectivity index (χ0v) is 7.08. The summed E-state index contributed by atoms with van der Waals surface area (Å²) in [6.45, 7) is 0. The maximum Gasteiger partial charge on any atom is 0.272 e. The fourth-order valence-corrected chi connectivity index (χ4v) is 0.919. The van der Waals surface area contributed by atoms with Crippen LogP contribution >= 0.6 is 23.2 Å². The minimum atomic E-state index is 0.135. The second-order valence-corrected chi connectivity index (χ2v) is 2.58. The molecule has 0 unspecified atom stereocenters. The molecule has 6 nitrogen and oxygen atoms in total. The predicted molar refractivity (Wildman–Crippen MR) is 41.3 cm³/mol. The van der Waals surface area contributed by atoms with Crippen LogP contribution in [0, 0.1) is 0 Å². The van der Waals surface area contributed by atoms with Crippen molar-refractivity contribution in [2.45, 2.75) is 0 Å². The summed E-state index contributed by atoms with van der Waals surface area (Å²) in [7, 11) is 0. The van der Waals surface area contributed by atoms with Crippen LogP contribution in [0.2, 0.25) is 10.6 Å². The van der Waals surface area contributed by atoms with Gasteiger partial charge in [0.05, 0.1) is 0 Å². The van der Waals surface area contributed by atoms with Gasteiger partial charge in [-0.05, 0) is 23.2 Å². The van der Waals surface area contributed by atoms with E-state index < -0.39 is 0 Å². The van der Waals surface area contributed by atoms with E-state index >= 15 is 0 Å². The molecule has 0 saturated heterocycles. The first kappa shape index (κ1) is 7.51. The number of hydrogen-bond donors (Lipinski definition) is 1. The molecule has 0 aliphatic heterocycles. The summed E-state index contributed by atoms with van der Waals surface area (Å²) >= 11 is 11.0. The molecule has 2 heterocycles. The third-order valence-corrected chi connectivity index (χ3v) is 1.46. The van der Waals surface area contributed by atoms with E-state index in [2.05, 4.69) is 25.3 Å². The van der Waals surface area contributed by atoms with Crippen molar-refractivity contribution in [2.24, 2.45) is 0 Å². The number of aromatic nitrogens is 6. The van der Waals surface area contributed by atoms with Crippen molar-refractivity contribution in [2.75, 3.05) is 0 Å². The summed E-state index contributed by atoms with van der Waals surface area (Å²) in [5.41, 5.74) is 0. The molecule has 0 saturated carbocycles. The monoisotopic (exact) mass is 204 g/mol. The molecule has 0 atom stereocenters. The lowest BCUT2D eigenvalue weighted by molar-refractivity contribution is 0.812. The first-order valence-corrected chi connectivity index (χ1v) is 3.67. The number of H-pyrrole nitrogens is 1. The van der Waals surface area contributed by atoms with E-state index in [0.717, 1.165) is 0 Å². The zero-order valence-electron chi connectivity index (χ0n) is 5.57. The van der Waals surface area contributed by atoms with Crippen LogP contribution < -0.4 is 0 Å². The van der Waals surface area contributed by atoms with Crippen LogP contribution in [-0.2, 0) is 0 Å². The number of halogens is 2. The van der Waals surface area contributed by atoms with Gasteiger partial charge < -0.3 is 0 Å². The highest BCUT2D eigenvalue weighted by Crippen LogP contribution is 2.04. The van der Waals surface area contributed by atoms with Gasteiger partial charge in [-0.15, -0.1) is 10.2 Å². The molecule has 0 aliphatic carbocycles. The van der Waals surface area contributed by atoms with Gasteiger partial charge in [0.2, 0.25) is 10.6 Å². The van der Waals surface area contributed by atoms with E-state index in [0.29, 0.717) is 5.95 Å². The molecule has 0 radical (unpaired) electrons. The Hall–Kier alpha value is -1.14. The van der Waals surface area contributed by atoms with Crippen molar-refractivity contribution >= 4 is 23.2 Å². The maximum atomic E-state index is 5.49. The lowest BCUT2D eigenvalue weighted by Gasteiger charge is -1.86. The molecule has 0 aliphatic rings. The molecule has 2 aromatic heterocycles. The molecule has 1 N–H and O–H groups in total. The first-order valence-electron chi connectivity index (χ1n) is 2.91. The summed E-state index contributed by atoms with van der Waals surface area (Å²) < 4.78 is 1.31. The Morgan fingerprint density at radius 2 is 2.25 bits per heavy atom. The molecular weight excluding hydrogens is 203 g/mol. The van der Waals surface area contributed by atoms with Crippen LogP contribution in [0.3, 0.4) is 0 Å². The molecular formula is C4H2Cl2N6. The van der Waals surface area contributed by atoms with Gasteiger partial charge in [0.1, 0.15) is 6.33 Å². The van der Waals surface area contributed by atoms with E-state index in [-0.39, 0.29) is 10.6 Å². The van der Waals surface area contributed by atoms with E-state index in [1.165, 1.54) is 11.0 Å². The Bertz CT molecular complexity index is 353. The van der Waals surface area contributed by atoms with Crippen molar-refractivity contribution < 1.29 is 0 Å². The highest BCUT2D eigenvalue weighted by atomic mass is 35.5. The molecule has 12 heavy (non-hydrogen) atoms. The summed E-state index contributed by atoms with van der Waals surface area (Å²) in [5.74, 6) is 0.305. The predicted octanol–water partition coefficient (Wildman–Crippen LogP) is 0.692. The van der Waals surface area contributed by atoms with Gasteiger partial charge in [0.25, 0.3) is 5.95 Å². The minimum Gasteiger partial charge on any atom is -0.248 e. The van der Waals surface area contributed by atoms with Crippen molar-refractivity contribution in [3.05, 3.63) is 16.9 Å². The molecule has 2 aromatic rings. The SMILES string of the molecule is Clc1ncn(-c2n[nH]c(Cl)n2)n1. The maximum absolute atomic E-state index is 5.49. The summed E-state index contributed by atoms with van der Waals surface area (Å²) in [5, 5.41) is 10.3. The second-order valence-electron chi connectivity index (χ2n) is 1.88. The summed E-state index contributed by atoms with van der Waals surface area (Å²) in [6.07, 6.45) is 1.39. The van der Waals surface area contributed by atoms with Crippen LogP contribution in [-0.4, -0.2) is 29.9 Å². The van der Waals surface area contributed by atoms with Crippen LogP contribution in [0.25, 0.3) is 5.95 Å². The molecule has 0 amide bonds. The molecule has 8 heteroatoms. The Balaban J connectivity index is 2.43. The standard InChI is InChI=1S/C4H2Cl2N6/c5-2-7-1-12(11-2)4-8-3(6)9-10-4/h1H,(H,8,9,10). The van der Waals surface area contributed by atoms with Crippen molar-refractivity contribution in [1.82, 2.24) is 29.9 Å². The third kappa shape index (κ3) is 1.26. The average Bonchev–Trinajstić information content (AvgIpc) is 2.58. The minimum absolute atomic E-state index is 0.135. The van der Waals surface area contributed by atoms with E-state index in [4.69, 9.17) is 23.2 Å². The van der Waals surface area contributed by atoms with Gasteiger partial charge in [-0.2, -0.15) is 9.67 Å². The van der Waals surface area contributed by atoms with Crippen LogP contribution in [0.15, 0.2) is 6.33 Å². The van der Waals surface area contributed by atoms with Crippen molar-refractivity contribution in [3.8, 4) is 5.95 Å². The number of nitrogens with zero attached hydrogens (tertiary/aromatic N) is 5. The summed E-state index contributed by atoms with van der Waals surface area (Å²) in [6, 6.07) is 0. The fourth-order valence-electron chi connectivity index (χ4n) is 0.676. The van der Waals surface area contributed by atoms with Gasteiger partial charge in [0.15, 0.2) is 0 Å². The fraction of sp³-hybridized carbons (Fsp3) is 0. The Kier molecular flexibility index (Phi) is 1.70. The Morgan fingerprint density at radius 3 is 2.75 bits per heavy atom. The first-order chi connectivity index (χ1) is 5.75. The van der Waals surface area contributed by atoms with Crippen molar-refractivity contribution in [3.63, 3.8) is 0 Å². The quantitative estimate of drug-likeness (QED) is 0.743. The van der Waals surface area contributed by atoms with Gasteiger partial charge in [-0.1, -0.05) is 0 Å². The van der Waals surface area contributed by atoms with Gasteiger partial charge in [-0.3, -0.25) is 0 Å². The lowest BCUT2D eigenvalue weighted by atomic mass is 11.0. The largest absolute Gasteiger partial charge is 0.272 e. The Morgan fingerprint density at radius 1 is 1.42 bits per heavy atom. The van der Waals surface area contributed by atoms with E-state index in [1.807, 2.05) is 0 Å². The second kappa shape index (κ2) is 2.72. The van der Waals surface area contributed by atoms with Crippen molar-refractivity contribution in [1.29, 1.82) is 0 Å². The number of hydrogen-bond acceptors (Lipinski definition) is 4. The van der Waals surface area contributed by atoms with Crippen LogP contribution in [0.5, 0.6) is 0 Å². The van der Waals surface area contributed by atoms with Crippen LogP contribution in [0.4, 0.5) is 0 Å². The van der Waals surface area contributed by atoms with Gasteiger partial charge >= 0.3 is 0 Å². The highest BCUT2D eigenvalue weighted by molar-refractivity contribution is 6.28. The van der Waals surface area contributed by atoms with E-state index in [1.54, 1.807) is 0 Å². The zero-order chi connectivity index (χ0) is 8.55. The Labute approximate surface area is 76.5 Å². The average molecular weight is 205 g/mol. The van der Waals surface area contributed by atoms with Gasteiger partial charge in [-0.25, -0.2) is 10.1 Å². The molecule has 2 rings (SSSR count). The van der Waals surface area contributed by atoms with E-state index in [9.17, 15) is 0 Å². The molecule has 0 fully saturated rings. The molecule has 0 spiro atoms. The number of aromatic amines is 1. The number of nitrogens with one attached hydrogen (secondary N) is 1. The molecule has 0 bridgehead atoms. The molecule has 62 valence electrons. The normalized spacial score (nSPS) is 10.5. The summed E-state index contributed by atoms with van der Waals surface area (Å²) in [4.78, 5) is 7.48. The lowest BCUT2D eigenvalue weighted by Crippen LogP contribution is -1.96. The highest BCUT2D eigenvalue weighted by Gasteiger charge is 2.04. The smallest absolute Gasteiger partial charge is 0.248 e. The number of rotatable bonds is 1.